The summed E-state index contributed by atoms with van der Waals surface area (Å²) in [4.78, 5) is 16.3. The molecule has 0 radical (unpaired) electrons. The number of para-hydroxylation sites is 2. The molecule has 1 unspecified atom stereocenters. The van der Waals surface area contributed by atoms with Crippen LogP contribution in [0.2, 0.25) is 0 Å². The molecule has 2 rings (SSSR count). The van der Waals surface area contributed by atoms with Crippen LogP contribution in [0.15, 0.2) is 30.6 Å². The van der Waals surface area contributed by atoms with Gasteiger partial charge in [0.15, 0.2) is 5.78 Å². The average molecular weight is 230 g/mol. The molecule has 0 fully saturated rings. The molecule has 3 heteroatoms. The Morgan fingerprint density at radius 2 is 2.18 bits per heavy atom. The number of ketones is 1. The summed E-state index contributed by atoms with van der Waals surface area (Å²) in [5, 5.41) is 0. The number of fused-ring (bicyclic) bond motifs is 1. The third-order valence-electron chi connectivity index (χ3n) is 3.12. The fourth-order valence-electron chi connectivity index (χ4n) is 2.05. The van der Waals surface area contributed by atoms with Crippen molar-refractivity contribution in [2.75, 3.05) is 0 Å². The number of hydrogen-bond acceptors (Lipinski definition) is 2. The lowest BCUT2D eigenvalue weighted by atomic mass is 10.0. The van der Waals surface area contributed by atoms with Crippen molar-refractivity contribution in [3.63, 3.8) is 0 Å². The second kappa shape index (κ2) is 5.13. The zero-order valence-corrected chi connectivity index (χ0v) is 10.4. The molecule has 0 aliphatic rings. The number of hydrogen-bond donors (Lipinski definition) is 0. The van der Waals surface area contributed by atoms with Gasteiger partial charge in [-0.25, -0.2) is 4.98 Å². The molecule has 2 aromatic rings. The lowest BCUT2D eigenvalue weighted by molar-refractivity contribution is -0.123. The summed E-state index contributed by atoms with van der Waals surface area (Å²) in [6.45, 7) is 4.54. The summed E-state index contributed by atoms with van der Waals surface area (Å²) in [6, 6.07) is 7.90. The number of aromatic nitrogens is 2. The van der Waals surface area contributed by atoms with Gasteiger partial charge in [-0.3, -0.25) is 4.79 Å². The summed E-state index contributed by atoms with van der Waals surface area (Å²) in [5.74, 6) is 0.427. The second-order valence-electron chi connectivity index (χ2n) is 4.52. The number of carbonyl (C=O) groups excluding carboxylic acids is 1. The molecule has 0 amide bonds. The Hall–Kier alpha value is -1.64. The van der Waals surface area contributed by atoms with Crippen LogP contribution in [0.3, 0.4) is 0 Å². The first-order valence-electron chi connectivity index (χ1n) is 6.15. The van der Waals surface area contributed by atoms with Crippen molar-refractivity contribution in [3.8, 4) is 0 Å². The normalized spacial score (nSPS) is 12.8. The van der Waals surface area contributed by atoms with E-state index in [4.69, 9.17) is 0 Å². The molecular formula is C14H18N2O. The molecule has 0 bridgehead atoms. The minimum Gasteiger partial charge on any atom is -0.323 e. The van der Waals surface area contributed by atoms with Gasteiger partial charge in [-0.2, -0.15) is 0 Å². The summed E-state index contributed by atoms with van der Waals surface area (Å²) >= 11 is 0. The average Bonchev–Trinajstić information content (AvgIpc) is 2.73. The first kappa shape index (κ1) is 11.8. The van der Waals surface area contributed by atoms with E-state index in [2.05, 4.69) is 11.9 Å². The summed E-state index contributed by atoms with van der Waals surface area (Å²) in [7, 11) is 0. The third kappa shape index (κ3) is 2.54. The number of nitrogens with zero attached hydrogens (tertiary/aromatic N) is 2. The molecule has 0 aliphatic heterocycles. The van der Waals surface area contributed by atoms with E-state index in [0.29, 0.717) is 6.54 Å². The smallest absolute Gasteiger partial charge is 0.155 e. The van der Waals surface area contributed by atoms with Crippen LogP contribution in [-0.2, 0) is 11.3 Å². The Labute approximate surface area is 101 Å². The maximum Gasteiger partial charge on any atom is 0.155 e. The van der Waals surface area contributed by atoms with E-state index in [1.165, 1.54) is 0 Å². The second-order valence-corrected chi connectivity index (χ2v) is 4.52. The highest BCUT2D eigenvalue weighted by molar-refractivity contribution is 5.83. The van der Waals surface area contributed by atoms with Gasteiger partial charge >= 0.3 is 0 Å². The molecule has 1 aromatic carbocycles. The number of imidazole rings is 1. The van der Waals surface area contributed by atoms with E-state index < -0.39 is 0 Å². The Balaban J connectivity index is 2.16. The van der Waals surface area contributed by atoms with Gasteiger partial charge in [0, 0.05) is 5.92 Å². The minimum atomic E-state index is 0.140. The summed E-state index contributed by atoms with van der Waals surface area (Å²) < 4.78 is 1.93. The molecule has 1 aromatic heterocycles. The van der Waals surface area contributed by atoms with E-state index in [0.717, 1.165) is 23.9 Å². The van der Waals surface area contributed by atoms with Crippen molar-refractivity contribution >= 4 is 16.8 Å². The maximum absolute atomic E-state index is 12.0. The van der Waals surface area contributed by atoms with Crippen molar-refractivity contribution in [2.45, 2.75) is 33.2 Å². The van der Waals surface area contributed by atoms with Gasteiger partial charge in [0.25, 0.3) is 0 Å². The van der Waals surface area contributed by atoms with Crippen LogP contribution in [0.5, 0.6) is 0 Å². The van der Waals surface area contributed by atoms with Crippen LogP contribution in [0.1, 0.15) is 26.7 Å². The van der Waals surface area contributed by atoms with E-state index in [1.807, 2.05) is 35.8 Å². The van der Waals surface area contributed by atoms with Crippen LogP contribution in [0.25, 0.3) is 11.0 Å². The van der Waals surface area contributed by atoms with Crippen molar-refractivity contribution in [1.82, 2.24) is 9.55 Å². The van der Waals surface area contributed by atoms with Crippen molar-refractivity contribution in [1.29, 1.82) is 0 Å². The highest BCUT2D eigenvalue weighted by Gasteiger charge is 2.13. The molecule has 0 aliphatic carbocycles. The molecule has 17 heavy (non-hydrogen) atoms. The predicted octanol–water partition coefficient (Wildman–Crippen LogP) is 3.04. The Bertz CT molecular complexity index is 516. The van der Waals surface area contributed by atoms with Gasteiger partial charge < -0.3 is 4.57 Å². The third-order valence-corrected chi connectivity index (χ3v) is 3.12. The first-order valence-corrected chi connectivity index (χ1v) is 6.15. The first-order chi connectivity index (χ1) is 8.22. The molecule has 0 spiro atoms. The lowest BCUT2D eigenvalue weighted by Gasteiger charge is -2.09. The molecule has 1 heterocycles. The van der Waals surface area contributed by atoms with Crippen molar-refractivity contribution in [2.24, 2.45) is 5.92 Å². The fourth-order valence-corrected chi connectivity index (χ4v) is 2.05. The minimum absolute atomic E-state index is 0.140. The topological polar surface area (TPSA) is 34.9 Å². The molecule has 1 atom stereocenters. The molecule has 3 nitrogen and oxygen atoms in total. The molecule has 90 valence electrons. The van der Waals surface area contributed by atoms with Crippen LogP contribution in [0.4, 0.5) is 0 Å². The molecule has 0 saturated heterocycles. The SMILES string of the molecule is CCCC(C)C(=O)Cn1cnc2ccccc21. The van der Waals surface area contributed by atoms with Gasteiger partial charge in [0.1, 0.15) is 0 Å². The van der Waals surface area contributed by atoms with E-state index >= 15 is 0 Å². The Morgan fingerprint density at radius 3 is 2.94 bits per heavy atom. The number of carbonyl (C=O) groups is 1. The largest absolute Gasteiger partial charge is 0.323 e. The standard InChI is InChI=1S/C14H18N2O/c1-3-6-11(2)14(17)9-16-10-15-12-7-4-5-8-13(12)16/h4-5,7-8,10-11H,3,6,9H2,1-2H3. The van der Waals surface area contributed by atoms with Crippen LogP contribution < -0.4 is 0 Å². The number of rotatable bonds is 5. The monoisotopic (exact) mass is 230 g/mol. The highest BCUT2D eigenvalue weighted by atomic mass is 16.1. The van der Waals surface area contributed by atoms with E-state index in [1.54, 1.807) is 6.33 Å². The van der Waals surface area contributed by atoms with Crippen LogP contribution in [-0.4, -0.2) is 15.3 Å². The predicted molar refractivity (Wildman–Crippen MR) is 68.8 cm³/mol. The van der Waals surface area contributed by atoms with Gasteiger partial charge in [-0.05, 0) is 18.6 Å². The van der Waals surface area contributed by atoms with Crippen molar-refractivity contribution < 1.29 is 4.79 Å². The van der Waals surface area contributed by atoms with Gasteiger partial charge in [-0.15, -0.1) is 0 Å². The zero-order chi connectivity index (χ0) is 12.3. The van der Waals surface area contributed by atoms with Crippen LogP contribution in [0, 0.1) is 5.92 Å². The zero-order valence-electron chi connectivity index (χ0n) is 10.4. The number of Topliss-reactive ketones (excluding diaryl/α,β-unsaturated/α-hetero) is 1. The van der Waals surface area contributed by atoms with Gasteiger partial charge in [0.2, 0.25) is 0 Å². The van der Waals surface area contributed by atoms with E-state index in [9.17, 15) is 4.79 Å². The highest BCUT2D eigenvalue weighted by Crippen LogP contribution is 2.14. The molecular weight excluding hydrogens is 212 g/mol. The maximum atomic E-state index is 12.0. The van der Waals surface area contributed by atoms with Gasteiger partial charge in [0.05, 0.1) is 23.9 Å². The van der Waals surface area contributed by atoms with E-state index in [-0.39, 0.29) is 11.7 Å². The lowest BCUT2D eigenvalue weighted by Crippen LogP contribution is -2.17. The van der Waals surface area contributed by atoms with Gasteiger partial charge in [-0.1, -0.05) is 32.4 Å². The quantitative estimate of drug-likeness (QED) is 0.791. The summed E-state index contributed by atoms with van der Waals surface area (Å²) in [6.07, 6.45) is 3.77. The number of benzene rings is 1. The molecule has 0 saturated carbocycles. The fraction of sp³-hybridized carbons (Fsp3) is 0.429. The Morgan fingerprint density at radius 1 is 1.41 bits per heavy atom. The Kier molecular flexibility index (Phi) is 3.57. The molecule has 0 N–H and O–H groups in total. The van der Waals surface area contributed by atoms with Crippen molar-refractivity contribution in [3.05, 3.63) is 30.6 Å². The summed E-state index contributed by atoms with van der Waals surface area (Å²) in [5.41, 5.74) is 1.98. The van der Waals surface area contributed by atoms with Crippen LogP contribution >= 0.6 is 0 Å².